The average Bonchev–Trinajstić information content (AvgIpc) is 3.26. The van der Waals surface area contributed by atoms with Crippen molar-refractivity contribution in [2.24, 2.45) is 7.05 Å². The minimum absolute atomic E-state index is 0.214. The van der Waals surface area contributed by atoms with Gasteiger partial charge in [-0.3, -0.25) is 4.79 Å². The molecule has 2 aromatic heterocycles. The van der Waals surface area contributed by atoms with Gasteiger partial charge in [0.15, 0.2) is 0 Å². The van der Waals surface area contributed by atoms with Crippen LogP contribution in [0.25, 0.3) is 21.6 Å². The van der Waals surface area contributed by atoms with Crippen LogP contribution in [-0.4, -0.2) is 20.4 Å². The fourth-order valence-electron chi connectivity index (χ4n) is 2.71. The zero-order chi connectivity index (χ0) is 18.1. The summed E-state index contributed by atoms with van der Waals surface area (Å²) in [4.78, 5) is 21.4. The van der Waals surface area contributed by atoms with Crippen LogP contribution in [0.2, 0.25) is 5.02 Å². The van der Waals surface area contributed by atoms with E-state index in [9.17, 15) is 4.79 Å². The number of para-hydroxylation sites is 2. The van der Waals surface area contributed by atoms with Gasteiger partial charge in [0, 0.05) is 23.0 Å². The molecular weight excluding hydrogens is 368 g/mol. The topological polar surface area (TPSA) is 59.8 Å². The maximum absolute atomic E-state index is 12.4. The minimum atomic E-state index is -0.214. The molecule has 0 aliphatic heterocycles. The molecule has 4 rings (SSSR count). The van der Waals surface area contributed by atoms with Crippen molar-refractivity contribution in [2.75, 3.05) is 0 Å². The molecule has 0 spiro atoms. The highest BCUT2D eigenvalue weighted by molar-refractivity contribution is 7.13. The number of nitrogens with zero attached hydrogens (tertiary/aromatic N) is 3. The summed E-state index contributed by atoms with van der Waals surface area (Å²) < 4.78 is 1.98. The summed E-state index contributed by atoms with van der Waals surface area (Å²) in [6, 6.07) is 15.3. The summed E-state index contributed by atoms with van der Waals surface area (Å²) in [5.41, 5.74) is 3.29. The summed E-state index contributed by atoms with van der Waals surface area (Å²) in [5, 5.41) is 6.11. The second kappa shape index (κ2) is 6.90. The Bertz CT molecular complexity index is 1080. The van der Waals surface area contributed by atoms with Crippen LogP contribution in [0.15, 0.2) is 53.9 Å². The molecule has 0 unspecified atom stereocenters. The fraction of sp³-hybridized carbons (Fsp3) is 0.105. The number of carbonyl (C=O) groups is 1. The molecule has 0 fully saturated rings. The van der Waals surface area contributed by atoms with Crippen molar-refractivity contribution in [3.05, 3.63) is 70.5 Å². The highest BCUT2D eigenvalue weighted by Crippen LogP contribution is 2.25. The zero-order valence-electron chi connectivity index (χ0n) is 13.9. The smallest absolute Gasteiger partial charge is 0.271 e. The van der Waals surface area contributed by atoms with Gasteiger partial charge in [0.05, 0.1) is 17.6 Å². The van der Waals surface area contributed by atoms with Crippen LogP contribution in [-0.2, 0) is 13.6 Å². The number of rotatable bonds is 4. The molecule has 1 N–H and O–H groups in total. The Labute approximate surface area is 159 Å². The van der Waals surface area contributed by atoms with Crippen LogP contribution >= 0.6 is 22.9 Å². The monoisotopic (exact) mass is 382 g/mol. The molecule has 0 aliphatic rings. The SMILES string of the molecule is Cn1c(CNC(=O)c2csc(-c3ccc(Cl)cc3)n2)nc2ccccc21. The Morgan fingerprint density at radius 2 is 1.92 bits per heavy atom. The molecule has 0 saturated carbocycles. The number of nitrogens with one attached hydrogen (secondary N) is 1. The van der Waals surface area contributed by atoms with Crippen LogP contribution in [0.4, 0.5) is 0 Å². The average molecular weight is 383 g/mol. The van der Waals surface area contributed by atoms with E-state index in [2.05, 4.69) is 15.3 Å². The maximum Gasteiger partial charge on any atom is 0.271 e. The lowest BCUT2D eigenvalue weighted by Crippen LogP contribution is -2.24. The first kappa shape index (κ1) is 16.8. The third-order valence-electron chi connectivity index (χ3n) is 4.11. The summed E-state index contributed by atoms with van der Waals surface area (Å²) in [6.07, 6.45) is 0. The number of halogens is 1. The number of amides is 1. The van der Waals surface area contributed by atoms with Crippen LogP contribution in [0, 0.1) is 0 Å². The number of aryl methyl sites for hydroxylation is 1. The van der Waals surface area contributed by atoms with Gasteiger partial charge in [-0.25, -0.2) is 9.97 Å². The van der Waals surface area contributed by atoms with Gasteiger partial charge >= 0.3 is 0 Å². The van der Waals surface area contributed by atoms with E-state index in [-0.39, 0.29) is 5.91 Å². The molecule has 2 aromatic carbocycles. The van der Waals surface area contributed by atoms with Crippen LogP contribution in [0.1, 0.15) is 16.3 Å². The first-order chi connectivity index (χ1) is 12.6. The number of hydrogen-bond donors (Lipinski definition) is 1. The lowest BCUT2D eigenvalue weighted by Gasteiger charge is -2.04. The molecule has 0 radical (unpaired) electrons. The van der Waals surface area contributed by atoms with E-state index < -0.39 is 0 Å². The molecule has 2 heterocycles. The van der Waals surface area contributed by atoms with Crippen molar-refractivity contribution in [3.63, 3.8) is 0 Å². The first-order valence-electron chi connectivity index (χ1n) is 8.02. The van der Waals surface area contributed by atoms with E-state index >= 15 is 0 Å². The van der Waals surface area contributed by atoms with E-state index in [1.165, 1.54) is 11.3 Å². The molecule has 5 nitrogen and oxygen atoms in total. The standard InChI is InChI=1S/C19H15ClN4OS/c1-24-16-5-3-2-4-14(16)22-17(24)10-21-18(25)15-11-26-19(23-15)12-6-8-13(20)9-7-12/h2-9,11H,10H2,1H3,(H,21,25). The Kier molecular flexibility index (Phi) is 4.44. The van der Waals surface area contributed by atoms with E-state index in [4.69, 9.17) is 11.6 Å². The summed E-state index contributed by atoms with van der Waals surface area (Å²) >= 11 is 7.34. The number of hydrogen-bond acceptors (Lipinski definition) is 4. The van der Waals surface area contributed by atoms with Gasteiger partial charge in [-0.15, -0.1) is 11.3 Å². The third kappa shape index (κ3) is 3.21. The Hall–Kier alpha value is -2.70. The predicted octanol–water partition coefficient (Wildman–Crippen LogP) is 4.28. The van der Waals surface area contributed by atoms with E-state index in [0.717, 1.165) is 27.4 Å². The van der Waals surface area contributed by atoms with Gasteiger partial charge < -0.3 is 9.88 Å². The molecule has 0 atom stereocenters. The highest BCUT2D eigenvalue weighted by atomic mass is 35.5. The Balaban J connectivity index is 1.48. The number of imidazole rings is 1. The van der Waals surface area contributed by atoms with Gasteiger partial charge in [-0.05, 0) is 24.3 Å². The normalized spacial score (nSPS) is 11.0. The van der Waals surface area contributed by atoms with Crippen molar-refractivity contribution >= 4 is 39.9 Å². The van der Waals surface area contributed by atoms with E-state index in [1.54, 1.807) is 5.38 Å². The zero-order valence-corrected chi connectivity index (χ0v) is 15.5. The van der Waals surface area contributed by atoms with Crippen molar-refractivity contribution in [2.45, 2.75) is 6.54 Å². The fourth-order valence-corrected chi connectivity index (χ4v) is 3.64. The molecule has 0 bridgehead atoms. The summed E-state index contributed by atoms with van der Waals surface area (Å²) in [5.74, 6) is 0.584. The van der Waals surface area contributed by atoms with Gasteiger partial charge in [-0.2, -0.15) is 0 Å². The molecule has 7 heteroatoms. The van der Waals surface area contributed by atoms with Crippen LogP contribution in [0.5, 0.6) is 0 Å². The highest BCUT2D eigenvalue weighted by Gasteiger charge is 2.13. The molecule has 0 aliphatic carbocycles. The van der Waals surface area contributed by atoms with Crippen molar-refractivity contribution in [3.8, 4) is 10.6 Å². The second-order valence-electron chi connectivity index (χ2n) is 5.80. The second-order valence-corrected chi connectivity index (χ2v) is 7.10. The van der Waals surface area contributed by atoms with Gasteiger partial charge in [0.25, 0.3) is 5.91 Å². The number of carbonyl (C=O) groups excluding carboxylic acids is 1. The van der Waals surface area contributed by atoms with Gasteiger partial charge in [0.1, 0.15) is 16.5 Å². The Morgan fingerprint density at radius 1 is 1.15 bits per heavy atom. The summed E-state index contributed by atoms with van der Waals surface area (Å²) in [6.45, 7) is 0.345. The predicted molar refractivity (Wildman–Crippen MR) is 104 cm³/mol. The van der Waals surface area contributed by atoms with Crippen molar-refractivity contribution in [1.29, 1.82) is 0 Å². The van der Waals surface area contributed by atoms with Crippen LogP contribution < -0.4 is 5.32 Å². The number of aromatic nitrogens is 3. The molecular formula is C19H15ClN4OS. The minimum Gasteiger partial charge on any atom is -0.343 e. The third-order valence-corrected chi connectivity index (χ3v) is 5.26. The van der Waals surface area contributed by atoms with Crippen molar-refractivity contribution < 1.29 is 4.79 Å². The number of fused-ring (bicyclic) bond motifs is 1. The van der Waals surface area contributed by atoms with Crippen molar-refractivity contribution in [1.82, 2.24) is 19.9 Å². The number of benzene rings is 2. The van der Waals surface area contributed by atoms with Crippen LogP contribution in [0.3, 0.4) is 0 Å². The number of thiazole rings is 1. The summed E-state index contributed by atoms with van der Waals surface area (Å²) in [7, 11) is 1.94. The molecule has 4 aromatic rings. The van der Waals surface area contributed by atoms with E-state index in [0.29, 0.717) is 17.3 Å². The quantitative estimate of drug-likeness (QED) is 0.573. The lowest BCUT2D eigenvalue weighted by atomic mass is 10.2. The molecule has 1 amide bonds. The lowest BCUT2D eigenvalue weighted by molar-refractivity contribution is 0.0945. The molecule has 26 heavy (non-hydrogen) atoms. The van der Waals surface area contributed by atoms with Gasteiger partial charge in [-0.1, -0.05) is 35.9 Å². The largest absolute Gasteiger partial charge is 0.343 e. The molecule has 130 valence electrons. The maximum atomic E-state index is 12.4. The van der Waals surface area contributed by atoms with Gasteiger partial charge in [0.2, 0.25) is 0 Å². The Morgan fingerprint density at radius 3 is 2.69 bits per heavy atom. The van der Waals surface area contributed by atoms with E-state index in [1.807, 2.05) is 60.1 Å². The molecule has 0 saturated heterocycles. The first-order valence-corrected chi connectivity index (χ1v) is 9.27.